The Morgan fingerprint density at radius 2 is 1.74 bits per heavy atom. The number of piperazine rings is 1. The summed E-state index contributed by atoms with van der Waals surface area (Å²) < 4.78 is 77.3. The number of carbonyl (C=O) groups is 1. The number of anilines is 2. The van der Waals surface area contributed by atoms with Crippen LogP contribution in [-0.2, 0) is 10.0 Å². The Hall–Kier alpha value is -5.20. The van der Waals surface area contributed by atoms with Gasteiger partial charge in [-0.2, -0.15) is 13.2 Å². The van der Waals surface area contributed by atoms with Crippen molar-refractivity contribution in [2.24, 2.45) is 22.2 Å². The van der Waals surface area contributed by atoms with Gasteiger partial charge in [0.15, 0.2) is 0 Å². The highest BCUT2D eigenvalue weighted by Gasteiger charge is 2.79. The number of hydrogen-bond acceptors (Lipinski definition) is 11. The number of nitro benzene ring substituents is 1. The first-order chi connectivity index (χ1) is 30.6. The van der Waals surface area contributed by atoms with Crippen LogP contribution in [-0.4, -0.2) is 90.3 Å². The number of aromatic nitrogens is 2. The number of carbonyl (C=O) groups excluding carboxylic acids is 1. The second kappa shape index (κ2) is 16.3. The van der Waals surface area contributed by atoms with Crippen molar-refractivity contribution >= 4 is 44.0 Å². The summed E-state index contributed by atoms with van der Waals surface area (Å²) in [6.45, 7) is 10.0. The van der Waals surface area contributed by atoms with E-state index in [4.69, 9.17) is 4.74 Å². The lowest BCUT2D eigenvalue weighted by Gasteiger charge is -2.72. The molecule has 2 bridgehead atoms. The van der Waals surface area contributed by atoms with Crippen LogP contribution in [0.2, 0.25) is 0 Å². The molecule has 18 heteroatoms. The fourth-order valence-electron chi connectivity index (χ4n) is 11.0. The van der Waals surface area contributed by atoms with Gasteiger partial charge in [-0.15, -0.1) is 0 Å². The molecule has 4 saturated carbocycles. The van der Waals surface area contributed by atoms with Crippen LogP contribution < -0.4 is 19.7 Å². The number of hydrogen-bond donors (Lipinski definition) is 4. The molecule has 0 spiro atoms. The maximum Gasteiger partial charge on any atom is 0.394 e. The smallest absolute Gasteiger partial charge is 0.394 e. The van der Waals surface area contributed by atoms with Crippen molar-refractivity contribution in [2.75, 3.05) is 49.5 Å². The Kier molecular flexibility index (Phi) is 11.3. The molecule has 5 aliphatic carbocycles. The van der Waals surface area contributed by atoms with Crippen LogP contribution in [0.25, 0.3) is 11.0 Å². The van der Waals surface area contributed by atoms with Crippen LogP contribution in [0.3, 0.4) is 0 Å². The number of pyridine rings is 1. The quantitative estimate of drug-likeness (QED) is 0.0570. The van der Waals surface area contributed by atoms with Gasteiger partial charge in [-0.1, -0.05) is 25.0 Å². The van der Waals surface area contributed by atoms with Crippen LogP contribution in [0.1, 0.15) is 95.3 Å². The second-order valence-electron chi connectivity index (χ2n) is 20.3. The molecule has 0 radical (unpaired) electrons. The Morgan fingerprint density at radius 3 is 2.43 bits per heavy atom. The number of benzene rings is 2. The number of nitrogens with zero attached hydrogens (tertiary/aromatic N) is 4. The minimum absolute atomic E-state index is 0.0547. The van der Waals surface area contributed by atoms with Gasteiger partial charge >= 0.3 is 6.18 Å². The van der Waals surface area contributed by atoms with Crippen LogP contribution >= 0.6 is 0 Å². The SMILES string of the molecule is CC1(C)CCC(CN2CCN(c3ccc(C(=O)NS(=O)(=O)c4ccc(NC[C@H]5CC[C@](C)(O)CC5)c([N+](=O)[O-])c4)c(Oc4cnc5[nH]ccc5c4)c3)CC2)=C(C23CC(C(F)(F)F)(C2)C3)C1. The maximum atomic E-state index is 13.9. The number of sulfonamides is 1. The number of fused-ring (bicyclic) bond motifs is 1. The average Bonchev–Trinajstić information content (AvgIpc) is 3.68. The number of aliphatic hydroxyl groups is 1. The van der Waals surface area contributed by atoms with E-state index in [-0.39, 0.29) is 53.0 Å². The van der Waals surface area contributed by atoms with E-state index in [1.807, 2.05) is 6.07 Å². The largest absolute Gasteiger partial charge is 0.455 e. The first kappa shape index (κ1) is 45.0. The minimum Gasteiger partial charge on any atom is -0.455 e. The number of amides is 1. The van der Waals surface area contributed by atoms with Gasteiger partial charge in [0.05, 0.1) is 32.6 Å². The number of H-pyrrole nitrogens is 1. The van der Waals surface area contributed by atoms with Gasteiger partial charge < -0.3 is 25.0 Å². The van der Waals surface area contributed by atoms with Crippen LogP contribution in [0.15, 0.2) is 77.0 Å². The zero-order chi connectivity index (χ0) is 46.2. The summed E-state index contributed by atoms with van der Waals surface area (Å²) in [6.07, 6.45) is 5.16. The number of nitro groups is 1. The number of allylic oxidation sites excluding steroid dienone is 1. The van der Waals surface area contributed by atoms with Crippen LogP contribution in [0.5, 0.6) is 11.5 Å². The lowest BCUT2D eigenvalue weighted by molar-refractivity contribution is -0.384. The number of alkyl halides is 3. The Morgan fingerprint density at radius 1 is 1.02 bits per heavy atom. The van der Waals surface area contributed by atoms with Crippen LogP contribution in [0.4, 0.5) is 30.2 Å². The molecule has 0 atom stereocenters. The lowest BCUT2D eigenvalue weighted by Crippen LogP contribution is -2.69. The molecule has 10 rings (SSSR count). The highest BCUT2D eigenvalue weighted by molar-refractivity contribution is 7.90. The van der Waals surface area contributed by atoms with E-state index in [0.29, 0.717) is 57.0 Å². The fourth-order valence-corrected chi connectivity index (χ4v) is 12.0. The molecule has 4 N–H and O–H groups in total. The van der Waals surface area contributed by atoms with Gasteiger partial charge in [0.25, 0.3) is 21.6 Å². The van der Waals surface area contributed by atoms with Crippen molar-refractivity contribution in [3.8, 4) is 11.5 Å². The Labute approximate surface area is 376 Å². The summed E-state index contributed by atoms with van der Waals surface area (Å²) in [5.41, 5.74) is 1.04. The molecule has 2 aromatic carbocycles. The number of ether oxygens (including phenoxy) is 1. The summed E-state index contributed by atoms with van der Waals surface area (Å²) in [5.74, 6) is -0.451. The van der Waals surface area contributed by atoms with Crippen molar-refractivity contribution in [3.05, 3.63) is 87.7 Å². The van der Waals surface area contributed by atoms with Gasteiger partial charge in [-0.25, -0.2) is 18.1 Å². The molecule has 14 nitrogen and oxygen atoms in total. The summed E-state index contributed by atoms with van der Waals surface area (Å²) >= 11 is 0. The number of halogens is 3. The topological polar surface area (TPSA) is 183 Å². The molecule has 348 valence electrons. The average molecular weight is 920 g/mol. The normalized spacial score (nSPS) is 26.9. The maximum absolute atomic E-state index is 13.9. The van der Waals surface area contributed by atoms with Crippen molar-refractivity contribution in [3.63, 3.8) is 0 Å². The lowest BCUT2D eigenvalue weighted by atomic mass is 9.31. The van der Waals surface area contributed by atoms with E-state index in [2.05, 4.69) is 43.7 Å². The van der Waals surface area contributed by atoms with Gasteiger partial charge in [-0.05, 0) is 124 Å². The van der Waals surface area contributed by atoms with E-state index < -0.39 is 48.6 Å². The second-order valence-corrected chi connectivity index (χ2v) is 22.0. The molecular formula is C47H56F3N7O7S. The molecule has 4 aromatic rings. The van der Waals surface area contributed by atoms with Gasteiger partial charge in [0.1, 0.15) is 22.8 Å². The molecule has 2 aromatic heterocycles. The molecule has 1 aliphatic heterocycles. The van der Waals surface area contributed by atoms with E-state index in [1.165, 1.54) is 35.5 Å². The molecule has 5 fully saturated rings. The molecule has 1 saturated heterocycles. The predicted octanol–water partition coefficient (Wildman–Crippen LogP) is 9.10. The number of rotatable bonds is 13. The van der Waals surface area contributed by atoms with E-state index in [0.717, 1.165) is 55.8 Å². The zero-order valence-electron chi connectivity index (χ0n) is 36.9. The fraction of sp³-hybridized carbons (Fsp3) is 0.532. The highest BCUT2D eigenvalue weighted by atomic mass is 32.2. The van der Waals surface area contributed by atoms with Crippen molar-refractivity contribution in [1.29, 1.82) is 0 Å². The van der Waals surface area contributed by atoms with E-state index in [1.54, 1.807) is 31.3 Å². The Balaban J connectivity index is 0.908. The monoisotopic (exact) mass is 919 g/mol. The Bertz CT molecular complexity index is 2640. The van der Waals surface area contributed by atoms with Crippen molar-refractivity contribution in [1.82, 2.24) is 19.6 Å². The molecule has 1 amide bonds. The summed E-state index contributed by atoms with van der Waals surface area (Å²) in [6, 6.07) is 11.9. The first-order valence-electron chi connectivity index (χ1n) is 22.4. The third-order valence-electron chi connectivity index (χ3n) is 14.9. The summed E-state index contributed by atoms with van der Waals surface area (Å²) in [5, 5.41) is 26.3. The number of nitrogens with one attached hydrogen (secondary N) is 3. The van der Waals surface area contributed by atoms with Crippen LogP contribution in [0, 0.1) is 32.3 Å². The first-order valence-corrected chi connectivity index (χ1v) is 23.9. The van der Waals surface area contributed by atoms with Gasteiger partial charge in [-0.3, -0.25) is 19.8 Å². The van der Waals surface area contributed by atoms with Crippen molar-refractivity contribution < 1.29 is 41.2 Å². The third-order valence-corrected chi connectivity index (χ3v) is 16.2. The summed E-state index contributed by atoms with van der Waals surface area (Å²) in [4.78, 5) is 36.9. The van der Waals surface area contributed by atoms with E-state index in [9.17, 15) is 41.6 Å². The predicted molar refractivity (Wildman–Crippen MR) is 240 cm³/mol. The standard InChI is InChI=1S/C47H56F3N7O7S/c1-43(2)12-10-32(37(23-43)45-27-46(28-45,29-45)47(48,49)50)26-55-16-18-56(19-17-55)33-4-6-36(40(21-33)64-34-20-31-11-15-51-41(31)53-25-34)42(58)54-65(62,63)35-5-7-38(39(22-35)57(60)61)52-24-30-8-13-44(3,59)14-9-30/h4-7,11,15,20-22,25,30,52,59H,8-10,12-14,16-19,23-24,26-29H2,1-3H3,(H,51,53)(H,54,58)/t30-,44-,45?,46?. The summed E-state index contributed by atoms with van der Waals surface area (Å²) in [7, 11) is -4.62. The molecule has 0 unspecified atom stereocenters. The molecule has 65 heavy (non-hydrogen) atoms. The zero-order valence-corrected chi connectivity index (χ0v) is 37.7. The van der Waals surface area contributed by atoms with E-state index >= 15 is 0 Å². The molecule has 6 aliphatic rings. The molecular weight excluding hydrogens is 864 g/mol. The molecule has 3 heterocycles. The van der Waals surface area contributed by atoms with Gasteiger partial charge in [0, 0.05) is 68.7 Å². The minimum atomic E-state index is -4.62. The van der Waals surface area contributed by atoms with Crippen molar-refractivity contribution in [2.45, 2.75) is 102 Å². The highest BCUT2D eigenvalue weighted by Crippen LogP contribution is 2.82. The third kappa shape index (κ3) is 8.92. The van der Waals surface area contributed by atoms with Gasteiger partial charge in [0.2, 0.25) is 0 Å². The number of aromatic amines is 1.